The van der Waals surface area contributed by atoms with Crippen molar-refractivity contribution in [3.63, 3.8) is 0 Å². The maximum absolute atomic E-state index is 12.3. The van der Waals surface area contributed by atoms with Crippen molar-refractivity contribution >= 4 is 26.7 Å². The van der Waals surface area contributed by atoms with Crippen LogP contribution in [0.3, 0.4) is 0 Å². The molecule has 0 aliphatic carbocycles. The molecular weight excluding hydrogens is 452 g/mol. The zero-order chi connectivity index (χ0) is 24.1. The van der Waals surface area contributed by atoms with Gasteiger partial charge in [0.05, 0.1) is 36.2 Å². The van der Waals surface area contributed by atoms with E-state index in [-0.39, 0.29) is 5.75 Å². The van der Waals surface area contributed by atoms with Crippen LogP contribution in [0.1, 0.15) is 16.8 Å². The van der Waals surface area contributed by atoms with E-state index in [1.165, 1.54) is 13.4 Å². The molecule has 0 aliphatic heterocycles. The van der Waals surface area contributed by atoms with E-state index in [4.69, 9.17) is 9.47 Å². The zero-order valence-electron chi connectivity index (χ0n) is 18.9. The van der Waals surface area contributed by atoms with Gasteiger partial charge in [0, 0.05) is 29.6 Å². The molecule has 0 aliphatic rings. The molecule has 0 saturated heterocycles. The van der Waals surface area contributed by atoms with E-state index in [1.807, 2.05) is 48.5 Å². The summed E-state index contributed by atoms with van der Waals surface area (Å²) in [6, 6.07) is 19.0. The molecule has 8 heteroatoms. The van der Waals surface area contributed by atoms with E-state index in [2.05, 4.69) is 9.97 Å². The first kappa shape index (κ1) is 23.4. The number of sulfone groups is 1. The first-order chi connectivity index (χ1) is 16.3. The second-order valence-electron chi connectivity index (χ2n) is 7.87. The predicted octanol–water partition coefficient (Wildman–Crippen LogP) is 4.56. The van der Waals surface area contributed by atoms with Gasteiger partial charge in [-0.1, -0.05) is 36.4 Å². The molecule has 0 radical (unpaired) electrons. The van der Waals surface area contributed by atoms with Crippen molar-refractivity contribution in [2.75, 3.05) is 25.7 Å². The van der Waals surface area contributed by atoms with Crippen molar-refractivity contribution in [2.45, 2.75) is 6.42 Å². The molecule has 174 valence electrons. The summed E-state index contributed by atoms with van der Waals surface area (Å²) in [4.78, 5) is 21.1. The summed E-state index contributed by atoms with van der Waals surface area (Å²) >= 11 is 0. The molecule has 0 amide bonds. The van der Waals surface area contributed by atoms with Crippen LogP contribution in [0.25, 0.3) is 33.3 Å². The molecule has 0 atom stereocenters. The van der Waals surface area contributed by atoms with Crippen molar-refractivity contribution < 1.29 is 22.7 Å². The van der Waals surface area contributed by atoms with Crippen LogP contribution >= 0.6 is 0 Å². The van der Waals surface area contributed by atoms with E-state index < -0.39 is 15.8 Å². The Morgan fingerprint density at radius 3 is 2.24 bits per heavy atom. The highest BCUT2D eigenvalue weighted by Gasteiger charge is 2.14. The fourth-order valence-corrected chi connectivity index (χ4v) is 4.23. The highest BCUT2D eigenvalue weighted by atomic mass is 32.2. The monoisotopic (exact) mass is 476 g/mol. The van der Waals surface area contributed by atoms with E-state index in [1.54, 1.807) is 24.5 Å². The third kappa shape index (κ3) is 5.58. The second-order valence-corrected chi connectivity index (χ2v) is 10.1. The number of aromatic nitrogens is 2. The van der Waals surface area contributed by atoms with E-state index in [9.17, 15) is 13.2 Å². The van der Waals surface area contributed by atoms with Crippen molar-refractivity contribution in [3.8, 4) is 28.1 Å². The standard InChI is InChI=1S/C26H24N2O5S/c1-32-26(29)22-16-25(28-24-12-13-27-17-23(22)24)20-6-4-18(5-7-20)19-8-10-21(11-9-19)33-14-3-15-34(2,30)31/h4-13,16-17H,3,14-15H2,1-2H3. The average molecular weight is 477 g/mol. The molecule has 4 aromatic rings. The Kier molecular flexibility index (Phi) is 6.88. The number of fused-ring (bicyclic) bond motifs is 1. The highest BCUT2D eigenvalue weighted by Crippen LogP contribution is 2.28. The van der Waals surface area contributed by atoms with Crippen LogP contribution in [-0.4, -0.2) is 50.1 Å². The number of rotatable bonds is 8. The Morgan fingerprint density at radius 2 is 1.59 bits per heavy atom. The first-order valence-corrected chi connectivity index (χ1v) is 12.7. The third-order valence-electron chi connectivity index (χ3n) is 5.31. The summed E-state index contributed by atoms with van der Waals surface area (Å²) < 4.78 is 33.0. The Hall–Kier alpha value is -3.78. The highest BCUT2D eigenvalue weighted by molar-refractivity contribution is 7.90. The summed E-state index contributed by atoms with van der Waals surface area (Å²) in [5.74, 6) is 0.373. The van der Waals surface area contributed by atoms with Crippen molar-refractivity contribution in [1.29, 1.82) is 0 Å². The number of ether oxygens (including phenoxy) is 2. The van der Waals surface area contributed by atoms with Crippen LogP contribution in [0.5, 0.6) is 5.75 Å². The number of nitrogens with zero attached hydrogens (tertiary/aromatic N) is 2. The van der Waals surface area contributed by atoms with Gasteiger partial charge in [0.2, 0.25) is 0 Å². The lowest BCUT2D eigenvalue weighted by atomic mass is 10.0. The largest absolute Gasteiger partial charge is 0.494 e. The number of carbonyl (C=O) groups excluding carboxylic acids is 1. The maximum atomic E-state index is 12.3. The van der Waals surface area contributed by atoms with Gasteiger partial charge >= 0.3 is 5.97 Å². The smallest absolute Gasteiger partial charge is 0.338 e. The fraction of sp³-hybridized carbons (Fsp3) is 0.192. The minimum absolute atomic E-state index is 0.113. The van der Waals surface area contributed by atoms with Crippen LogP contribution in [0.15, 0.2) is 73.1 Å². The van der Waals surface area contributed by atoms with Crippen LogP contribution in [0.4, 0.5) is 0 Å². The molecule has 0 N–H and O–H groups in total. The zero-order valence-corrected chi connectivity index (χ0v) is 19.7. The lowest BCUT2D eigenvalue weighted by Crippen LogP contribution is -2.07. The number of pyridine rings is 2. The van der Waals surface area contributed by atoms with Gasteiger partial charge in [-0.3, -0.25) is 4.98 Å². The number of methoxy groups -OCH3 is 1. The summed E-state index contributed by atoms with van der Waals surface area (Å²) in [5, 5.41) is 0.647. The molecule has 0 saturated carbocycles. The topological polar surface area (TPSA) is 95.5 Å². The molecule has 34 heavy (non-hydrogen) atoms. The molecule has 0 fully saturated rings. The van der Waals surface area contributed by atoms with Gasteiger partial charge in [-0.05, 0) is 41.8 Å². The molecule has 0 bridgehead atoms. The van der Waals surface area contributed by atoms with E-state index in [0.29, 0.717) is 40.9 Å². The van der Waals surface area contributed by atoms with Gasteiger partial charge in [-0.25, -0.2) is 18.2 Å². The van der Waals surface area contributed by atoms with Gasteiger partial charge < -0.3 is 9.47 Å². The second kappa shape index (κ2) is 10.0. The molecule has 0 spiro atoms. The third-order valence-corrected chi connectivity index (χ3v) is 6.34. The summed E-state index contributed by atoms with van der Waals surface area (Å²) in [5.41, 5.74) is 4.67. The normalized spacial score (nSPS) is 11.4. The Bertz CT molecular complexity index is 1420. The average Bonchev–Trinajstić information content (AvgIpc) is 2.85. The molecule has 0 unspecified atom stereocenters. The summed E-state index contributed by atoms with van der Waals surface area (Å²) in [7, 11) is -1.62. The van der Waals surface area contributed by atoms with Gasteiger partial charge in [0.1, 0.15) is 15.6 Å². The van der Waals surface area contributed by atoms with Gasteiger partial charge in [0.15, 0.2) is 0 Å². The van der Waals surface area contributed by atoms with Crippen molar-refractivity contribution in [3.05, 3.63) is 78.6 Å². The fourth-order valence-electron chi connectivity index (χ4n) is 3.58. The molecule has 2 heterocycles. The Labute approximate surface area is 198 Å². The molecule has 2 aromatic carbocycles. The van der Waals surface area contributed by atoms with E-state index in [0.717, 1.165) is 16.7 Å². The molecule has 4 rings (SSSR count). The minimum Gasteiger partial charge on any atom is -0.494 e. The number of benzene rings is 2. The lowest BCUT2D eigenvalue weighted by molar-refractivity contribution is 0.0603. The maximum Gasteiger partial charge on any atom is 0.338 e. The Morgan fingerprint density at radius 1 is 0.941 bits per heavy atom. The van der Waals surface area contributed by atoms with Crippen LogP contribution in [-0.2, 0) is 14.6 Å². The molecular formula is C26H24N2O5S. The lowest BCUT2D eigenvalue weighted by Gasteiger charge is -2.10. The minimum atomic E-state index is -2.97. The van der Waals surface area contributed by atoms with Crippen LogP contribution in [0, 0.1) is 0 Å². The molecule has 7 nitrogen and oxygen atoms in total. The van der Waals surface area contributed by atoms with E-state index >= 15 is 0 Å². The van der Waals surface area contributed by atoms with Crippen LogP contribution in [0.2, 0.25) is 0 Å². The molecule has 2 aromatic heterocycles. The number of hydrogen-bond acceptors (Lipinski definition) is 7. The first-order valence-electron chi connectivity index (χ1n) is 10.7. The SMILES string of the molecule is COC(=O)c1cc(-c2ccc(-c3ccc(OCCCS(C)(=O)=O)cc3)cc2)nc2ccncc12. The number of esters is 1. The quantitative estimate of drug-likeness (QED) is 0.272. The van der Waals surface area contributed by atoms with Gasteiger partial charge in [-0.15, -0.1) is 0 Å². The number of carbonyl (C=O) groups is 1. The number of hydrogen-bond donors (Lipinski definition) is 0. The van der Waals surface area contributed by atoms with Gasteiger partial charge in [0.25, 0.3) is 0 Å². The van der Waals surface area contributed by atoms with Crippen LogP contribution < -0.4 is 4.74 Å². The predicted molar refractivity (Wildman–Crippen MR) is 132 cm³/mol. The Balaban J connectivity index is 1.51. The van der Waals surface area contributed by atoms with Gasteiger partial charge in [-0.2, -0.15) is 0 Å². The summed E-state index contributed by atoms with van der Waals surface area (Å²) in [6.45, 7) is 0.351. The van der Waals surface area contributed by atoms with Crippen molar-refractivity contribution in [1.82, 2.24) is 9.97 Å². The summed E-state index contributed by atoms with van der Waals surface area (Å²) in [6.07, 6.45) is 4.93. The van der Waals surface area contributed by atoms with Crippen molar-refractivity contribution in [2.24, 2.45) is 0 Å².